The summed E-state index contributed by atoms with van der Waals surface area (Å²) in [7, 11) is 0. The standard InChI is InChI=1S/C24H15ClS/c25-18-10-4-9-17(15-18)20-12-6-14-22-21-13-5-11-19(23(21)26-24(20)22)16-7-2-1-3-8-16/h1-15H. The number of hydrogen-bond acceptors (Lipinski definition) is 1. The number of halogens is 1. The summed E-state index contributed by atoms with van der Waals surface area (Å²) in [5, 5.41) is 3.39. The van der Waals surface area contributed by atoms with Gasteiger partial charge in [-0.05, 0) is 34.4 Å². The van der Waals surface area contributed by atoms with Gasteiger partial charge in [0.15, 0.2) is 0 Å². The maximum atomic E-state index is 6.23. The SMILES string of the molecule is Clc1cccc(-c2cccc3c2sc2c(-c4ccccc4)cccc23)c1. The van der Waals surface area contributed by atoms with E-state index in [2.05, 4.69) is 72.8 Å². The van der Waals surface area contributed by atoms with Crippen molar-refractivity contribution >= 4 is 43.1 Å². The summed E-state index contributed by atoms with van der Waals surface area (Å²) in [6, 6.07) is 31.8. The molecule has 1 heterocycles. The summed E-state index contributed by atoms with van der Waals surface area (Å²) in [6.07, 6.45) is 0. The van der Waals surface area contributed by atoms with Crippen molar-refractivity contribution in [2.75, 3.05) is 0 Å². The monoisotopic (exact) mass is 370 g/mol. The molecule has 0 bridgehead atoms. The lowest BCUT2D eigenvalue weighted by atomic mass is 10.0. The molecule has 0 nitrogen and oxygen atoms in total. The molecule has 0 unspecified atom stereocenters. The van der Waals surface area contributed by atoms with E-state index in [9.17, 15) is 0 Å². The van der Waals surface area contributed by atoms with E-state index in [4.69, 9.17) is 11.6 Å². The first kappa shape index (κ1) is 15.6. The predicted octanol–water partition coefficient (Wildman–Crippen LogP) is 8.04. The van der Waals surface area contributed by atoms with E-state index < -0.39 is 0 Å². The molecular formula is C24H15ClS. The van der Waals surface area contributed by atoms with Crippen LogP contribution in [0.15, 0.2) is 91.0 Å². The highest BCUT2D eigenvalue weighted by Gasteiger charge is 2.13. The van der Waals surface area contributed by atoms with Gasteiger partial charge in [0.05, 0.1) is 0 Å². The first-order valence-corrected chi connectivity index (χ1v) is 9.76. The Morgan fingerprint density at radius 1 is 0.538 bits per heavy atom. The third kappa shape index (κ3) is 2.52. The van der Waals surface area contributed by atoms with Gasteiger partial charge in [0.2, 0.25) is 0 Å². The van der Waals surface area contributed by atoms with Crippen LogP contribution in [0.25, 0.3) is 42.4 Å². The van der Waals surface area contributed by atoms with Crippen LogP contribution >= 0.6 is 22.9 Å². The maximum Gasteiger partial charge on any atom is 0.0434 e. The van der Waals surface area contributed by atoms with Gasteiger partial charge in [-0.15, -0.1) is 11.3 Å². The number of benzene rings is 4. The molecule has 2 heteroatoms. The third-order valence-corrected chi connectivity index (χ3v) is 6.27. The molecule has 4 aromatic carbocycles. The van der Waals surface area contributed by atoms with E-state index in [0.29, 0.717) is 0 Å². The Hall–Kier alpha value is -2.61. The largest absolute Gasteiger partial charge is 0.134 e. The molecule has 0 aliphatic heterocycles. The lowest BCUT2D eigenvalue weighted by Gasteiger charge is -2.04. The average Bonchev–Trinajstić information content (AvgIpc) is 3.07. The molecule has 0 saturated heterocycles. The molecule has 0 radical (unpaired) electrons. The second kappa shape index (κ2) is 6.28. The molecule has 5 rings (SSSR count). The molecule has 0 aliphatic carbocycles. The van der Waals surface area contributed by atoms with Gasteiger partial charge >= 0.3 is 0 Å². The summed E-state index contributed by atoms with van der Waals surface area (Å²) in [5.41, 5.74) is 4.96. The molecule has 0 fully saturated rings. The number of thiophene rings is 1. The smallest absolute Gasteiger partial charge is 0.0434 e. The average molecular weight is 371 g/mol. The summed E-state index contributed by atoms with van der Waals surface area (Å²) in [4.78, 5) is 0. The van der Waals surface area contributed by atoms with Crippen molar-refractivity contribution in [3.8, 4) is 22.3 Å². The zero-order valence-corrected chi connectivity index (χ0v) is 15.5. The fraction of sp³-hybridized carbons (Fsp3) is 0. The Morgan fingerprint density at radius 3 is 1.77 bits per heavy atom. The summed E-state index contributed by atoms with van der Waals surface area (Å²) in [6.45, 7) is 0. The summed E-state index contributed by atoms with van der Waals surface area (Å²) in [5.74, 6) is 0. The number of fused-ring (bicyclic) bond motifs is 3. The van der Waals surface area contributed by atoms with E-state index in [0.717, 1.165) is 10.6 Å². The highest BCUT2D eigenvalue weighted by molar-refractivity contribution is 7.26. The quantitative estimate of drug-likeness (QED) is 0.295. The highest BCUT2D eigenvalue weighted by atomic mass is 35.5. The normalized spacial score (nSPS) is 11.3. The number of hydrogen-bond donors (Lipinski definition) is 0. The third-order valence-electron chi connectivity index (χ3n) is 4.74. The van der Waals surface area contributed by atoms with Gasteiger partial charge in [0, 0.05) is 25.2 Å². The van der Waals surface area contributed by atoms with E-state index in [1.807, 2.05) is 29.5 Å². The zero-order chi connectivity index (χ0) is 17.5. The minimum atomic E-state index is 0.769. The van der Waals surface area contributed by atoms with Crippen LogP contribution in [0.3, 0.4) is 0 Å². The molecule has 0 spiro atoms. The maximum absolute atomic E-state index is 6.23. The van der Waals surface area contributed by atoms with E-state index in [1.54, 1.807) is 0 Å². The van der Waals surface area contributed by atoms with Crippen LogP contribution in [0.5, 0.6) is 0 Å². The first-order chi connectivity index (χ1) is 12.8. The van der Waals surface area contributed by atoms with Crippen molar-refractivity contribution in [2.24, 2.45) is 0 Å². The van der Waals surface area contributed by atoms with Gasteiger partial charge in [0.25, 0.3) is 0 Å². The van der Waals surface area contributed by atoms with E-state index in [1.165, 1.54) is 36.9 Å². The van der Waals surface area contributed by atoms with Crippen molar-refractivity contribution in [3.63, 3.8) is 0 Å². The Bertz CT molecular complexity index is 1240. The van der Waals surface area contributed by atoms with Crippen molar-refractivity contribution in [1.82, 2.24) is 0 Å². The van der Waals surface area contributed by atoms with Crippen LogP contribution in [0.4, 0.5) is 0 Å². The molecule has 0 amide bonds. The van der Waals surface area contributed by atoms with Crippen molar-refractivity contribution < 1.29 is 0 Å². The molecule has 1 aromatic heterocycles. The lowest BCUT2D eigenvalue weighted by molar-refractivity contribution is 1.67. The minimum absolute atomic E-state index is 0.769. The van der Waals surface area contributed by atoms with Crippen LogP contribution in [0.2, 0.25) is 5.02 Å². The molecule has 0 aliphatic rings. The van der Waals surface area contributed by atoms with Gasteiger partial charge in [-0.2, -0.15) is 0 Å². The van der Waals surface area contributed by atoms with E-state index in [-0.39, 0.29) is 0 Å². The van der Waals surface area contributed by atoms with Gasteiger partial charge in [-0.1, -0.05) is 90.5 Å². The second-order valence-electron chi connectivity index (χ2n) is 6.34. The topological polar surface area (TPSA) is 0 Å². The second-order valence-corrected chi connectivity index (χ2v) is 7.80. The van der Waals surface area contributed by atoms with Crippen LogP contribution in [0, 0.1) is 0 Å². The van der Waals surface area contributed by atoms with Crippen LogP contribution < -0.4 is 0 Å². The van der Waals surface area contributed by atoms with Crippen molar-refractivity contribution in [1.29, 1.82) is 0 Å². The Balaban J connectivity index is 1.84. The van der Waals surface area contributed by atoms with Crippen LogP contribution in [-0.4, -0.2) is 0 Å². The molecule has 0 saturated carbocycles. The molecule has 26 heavy (non-hydrogen) atoms. The Morgan fingerprint density at radius 2 is 1.12 bits per heavy atom. The minimum Gasteiger partial charge on any atom is -0.134 e. The first-order valence-electron chi connectivity index (χ1n) is 8.57. The molecular weight excluding hydrogens is 356 g/mol. The Kier molecular flexibility index (Phi) is 3.77. The zero-order valence-electron chi connectivity index (χ0n) is 13.9. The molecule has 0 N–H and O–H groups in total. The Labute approximate surface area is 161 Å². The van der Waals surface area contributed by atoms with Gasteiger partial charge in [-0.25, -0.2) is 0 Å². The summed E-state index contributed by atoms with van der Waals surface area (Å²) >= 11 is 8.10. The summed E-state index contributed by atoms with van der Waals surface area (Å²) < 4.78 is 2.65. The van der Waals surface area contributed by atoms with Crippen LogP contribution in [-0.2, 0) is 0 Å². The van der Waals surface area contributed by atoms with Gasteiger partial charge in [0.1, 0.15) is 0 Å². The fourth-order valence-electron chi connectivity index (χ4n) is 3.55. The van der Waals surface area contributed by atoms with Crippen molar-refractivity contribution in [2.45, 2.75) is 0 Å². The molecule has 5 aromatic rings. The van der Waals surface area contributed by atoms with Crippen LogP contribution in [0.1, 0.15) is 0 Å². The number of rotatable bonds is 2. The predicted molar refractivity (Wildman–Crippen MR) is 115 cm³/mol. The van der Waals surface area contributed by atoms with E-state index >= 15 is 0 Å². The highest BCUT2D eigenvalue weighted by Crippen LogP contribution is 2.43. The molecule has 124 valence electrons. The van der Waals surface area contributed by atoms with Crippen molar-refractivity contribution in [3.05, 3.63) is 96.0 Å². The lowest BCUT2D eigenvalue weighted by Crippen LogP contribution is -1.78. The van der Waals surface area contributed by atoms with Gasteiger partial charge < -0.3 is 0 Å². The van der Waals surface area contributed by atoms with Gasteiger partial charge in [-0.3, -0.25) is 0 Å². The molecule has 0 atom stereocenters. The fourth-order valence-corrected chi connectivity index (χ4v) is 5.11.